The molecular formula is C37H33BN2O2. The van der Waals surface area contributed by atoms with E-state index in [1.54, 1.807) is 0 Å². The van der Waals surface area contributed by atoms with Gasteiger partial charge >= 0.3 is 7.12 Å². The molecule has 0 spiro atoms. The Morgan fingerprint density at radius 1 is 0.738 bits per heavy atom. The molecule has 0 amide bonds. The molecule has 2 aromatic heterocycles. The topological polar surface area (TPSA) is 35.8 Å². The van der Waals surface area contributed by atoms with E-state index in [1.165, 1.54) is 0 Å². The Labute approximate surface area is 247 Å². The van der Waals surface area contributed by atoms with Crippen molar-refractivity contribution in [3.63, 3.8) is 0 Å². The first kappa shape index (κ1) is 26.5. The molecule has 0 atom stereocenters. The van der Waals surface area contributed by atoms with E-state index in [-0.39, 0.29) is 0 Å². The molecule has 7 rings (SSSR count). The maximum atomic E-state index is 6.48. The lowest BCUT2D eigenvalue weighted by molar-refractivity contribution is 0.00578. The predicted molar refractivity (Wildman–Crippen MR) is 177 cm³/mol. The van der Waals surface area contributed by atoms with E-state index in [0.717, 1.165) is 66.4 Å². The number of imidazole rings is 1. The van der Waals surface area contributed by atoms with Crippen LogP contribution in [-0.2, 0) is 9.31 Å². The van der Waals surface area contributed by atoms with Crippen molar-refractivity contribution in [1.29, 1.82) is 0 Å². The van der Waals surface area contributed by atoms with Crippen molar-refractivity contribution in [3.05, 3.63) is 115 Å². The summed E-state index contributed by atoms with van der Waals surface area (Å²) in [5.74, 6) is 0. The Morgan fingerprint density at radius 2 is 1.36 bits per heavy atom. The number of hydrogen-bond acceptors (Lipinski definition) is 3. The Balaban J connectivity index is 1.66. The Morgan fingerprint density at radius 3 is 1.98 bits per heavy atom. The summed E-state index contributed by atoms with van der Waals surface area (Å²) in [6, 6.07) is 31.7. The minimum atomic E-state index is -0.477. The van der Waals surface area contributed by atoms with Crippen LogP contribution in [0.1, 0.15) is 38.8 Å². The molecule has 5 heteroatoms. The van der Waals surface area contributed by atoms with E-state index in [0.29, 0.717) is 0 Å². The van der Waals surface area contributed by atoms with Gasteiger partial charge in [-0.25, -0.2) is 4.98 Å². The van der Waals surface area contributed by atoms with Crippen LogP contribution in [0.5, 0.6) is 0 Å². The Hall–Kier alpha value is -4.45. The molecule has 0 N–H and O–H groups in total. The molecule has 206 valence electrons. The smallest absolute Gasteiger partial charge is 0.399 e. The molecule has 0 aliphatic carbocycles. The summed E-state index contributed by atoms with van der Waals surface area (Å²) < 4.78 is 15.3. The van der Waals surface area contributed by atoms with Crippen LogP contribution in [0.15, 0.2) is 104 Å². The van der Waals surface area contributed by atoms with Crippen LogP contribution in [0.3, 0.4) is 0 Å². The summed E-state index contributed by atoms with van der Waals surface area (Å²) in [5, 5.41) is 3.28. The minimum Gasteiger partial charge on any atom is -0.399 e. The molecule has 1 fully saturated rings. The standard InChI is InChI=1S/C37H33BN2O2/c1-7-24-19-21-30-29-22-20-27(38-41-36(3,4)37(5,6)42-38)23-31(29)40-34(26-17-13-10-14-18-26)33(25-15-11-9-12-16-25)39-35(40)32(30)28(24)8-2/h7-23H,1-2H2,3-6H3. The molecule has 4 aromatic carbocycles. The number of nitrogens with zero attached hydrogens (tertiary/aromatic N) is 2. The highest BCUT2D eigenvalue weighted by Gasteiger charge is 2.51. The van der Waals surface area contributed by atoms with Gasteiger partial charge in [0.15, 0.2) is 0 Å². The predicted octanol–water partition coefficient (Wildman–Crippen LogP) is 8.56. The van der Waals surface area contributed by atoms with E-state index in [2.05, 4.69) is 124 Å². The summed E-state index contributed by atoms with van der Waals surface area (Å²) >= 11 is 0. The monoisotopic (exact) mass is 548 g/mol. The number of aromatic nitrogens is 2. The summed E-state index contributed by atoms with van der Waals surface area (Å²) in [6.07, 6.45) is 3.81. The second-order valence-electron chi connectivity index (χ2n) is 12.0. The third-order valence-corrected chi connectivity index (χ3v) is 8.98. The van der Waals surface area contributed by atoms with E-state index in [9.17, 15) is 0 Å². The average Bonchev–Trinajstić information content (AvgIpc) is 3.51. The maximum Gasteiger partial charge on any atom is 0.494 e. The van der Waals surface area contributed by atoms with Crippen molar-refractivity contribution >= 4 is 52.1 Å². The van der Waals surface area contributed by atoms with Crippen molar-refractivity contribution in [2.24, 2.45) is 0 Å². The van der Waals surface area contributed by atoms with Gasteiger partial charge in [-0.15, -0.1) is 0 Å². The highest BCUT2D eigenvalue weighted by atomic mass is 16.7. The third kappa shape index (κ3) is 3.88. The van der Waals surface area contributed by atoms with Gasteiger partial charge in [0.25, 0.3) is 0 Å². The number of fused-ring (bicyclic) bond motifs is 6. The summed E-state index contributed by atoms with van der Waals surface area (Å²) in [7, 11) is -0.477. The van der Waals surface area contributed by atoms with Gasteiger partial charge in [0.2, 0.25) is 0 Å². The largest absolute Gasteiger partial charge is 0.494 e. The highest BCUT2D eigenvalue weighted by Crippen LogP contribution is 2.41. The van der Waals surface area contributed by atoms with Crippen LogP contribution < -0.4 is 5.46 Å². The number of pyridine rings is 1. The van der Waals surface area contributed by atoms with Gasteiger partial charge in [0.1, 0.15) is 5.65 Å². The molecule has 42 heavy (non-hydrogen) atoms. The van der Waals surface area contributed by atoms with Crippen molar-refractivity contribution in [1.82, 2.24) is 9.38 Å². The van der Waals surface area contributed by atoms with E-state index >= 15 is 0 Å². The number of hydrogen-bond donors (Lipinski definition) is 0. The molecule has 0 unspecified atom stereocenters. The fraction of sp³-hybridized carbons (Fsp3) is 0.162. The van der Waals surface area contributed by atoms with Gasteiger partial charge in [0.05, 0.1) is 28.1 Å². The zero-order valence-electron chi connectivity index (χ0n) is 24.5. The number of rotatable bonds is 5. The lowest BCUT2D eigenvalue weighted by Crippen LogP contribution is -2.41. The molecule has 1 aliphatic rings. The normalized spacial score (nSPS) is 16.0. The lowest BCUT2D eigenvalue weighted by Gasteiger charge is -2.32. The molecule has 0 bridgehead atoms. The zero-order chi connectivity index (χ0) is 29.2. The van der Waals surface area contributed by atoms with Gasteiger partial charge < -0.3 is 9.31 Å². The number of benzene rings is 4. The second kappa shape index (κ2) is 9.55. The molecule has 4 nitrogen and oxygen atoms in total. The molecular weight excluding hydrogens is 515 g/mol. The molecule has 3 heterocycles. The van der Waals surface area contributed by atoms with E-state index < -0.39 is 18.3 Å². The van der Waals surface area contributed by atoms with E-state index in [4.69, 9.17) is 14.3 Å². The second-order valence-corrected chi connectivity index (χ2v) is 12.0. The first-order valence-electron chi connectivity index (χ1n) is 14.4. The SMILES string of the molecule is C=Cc1ccc2c3ccc(B4OC(C)(C)C(C)(C)O4)cc3n3c(-c4ccccc4)c(-c4ccccc4)nc3c2c1C=C. The van der Waals surface area contributed by atoms with Gasteiger partial charge in [-0.3, -0.25) is 4.40 Å². The highest BCUT2D eigenvalue weighted by molar-refractivity contribution is 6.62. The third-order valence-electron chi connectivity index (χ3n) is 8.98. The molecule has 1 saturated heterocycles. The summed E-state index contributed by atoms with van der Waals surface area (Å²) in [5.41, 5.74) is 8.18. The minimum absolute atomic E-state index is 0.435. The molecule has 1 aliphatic heterocycles. The quantitative estimate of drug-likeness (QED) is 0.160. The summed E-state index contributed by atoms with van der Waals surface area (Å²) in [6.45, 7) is 16.6. The van der Waals surface area contributed by atoms with Gasteiger partial charge in [-0.2, -0.15) is 0 Å². The van der Waals surface area contributed by atoms with Gasteiger partial charge in [-0.1, -0.05) is 110 Å². The first-order valence-corrected chi connectivity index (χ1v) is 14.4. The molecule has 6 aromatic rings. The van der Waals surface area contributed by atoms with Crippen LogP contribution in [0.2, 0.25) is 0 Å². The van der Waals surface area contributed by atoms with Crippen LogP contribution in [0.4, 0.5) is 0 Å². The van der Waals surface area contributed by atoms with Crippen LogP contribution in [-0.4, -0.2) is 27.7 Å². The molecule has 0 saturated carbocycles. The van der Waals surface area contributed by atoms with Crippen LogP contribution in [0, 0.1) is 0 Å². The first-order chi connectivity index (χ1) is 20.2. The Bertz CT molecular complexity index is 2010. The fourth-order valence-electron chi connectivity index (χ4n) is 6.07. The van der Waals surface area contributed by atoms with Crippen LogP contribution in [0.25, 0.3) is 62.0 Å². The summed E-state index contributed by atoms with van der Waals surface area (Å²) in [4.78, 5) is 5.41. The zero-order valence-corrected chi connectivity index (χ0v) is 24.5. The van der Waals surface area contributed by atoms with Crippen molar-refractivity contribution in [3.8, 4) is 22.5 Å². The fourth-order valence-corrected chi connectivity index (χ4v) is 6.07. The lowest BCUT2D eigenvalue weighted by atomic mass is 9.78. The van der Waals surface area contributed by atoms with Crippen molar-refractivity contribution in [2.45, 2.75) is 38.9 Å². The average molecular weight is 548 g/mol. The van der Waals surface area contributed by atoms with Crippen molar-refractivity contribution in [2.75, 3.05) is 0 Å². The van der Waals surface area contributed by atoms with Gasteiger partial charge in [-0.05, 0) is 55.7 Å². The maximum absolute atomic E-state index is 6.48. The van der Waals surface area contributed by atoms with Crippen molar-refractivity contribution < 1.29 is 9.31 Å². The Kier molecular flexibility index (Phi) is 6.02. The van der Waals surface area contributed by atoms with Crippen LogP contribution >= 0.6 is 0 Å². The van der Waals surface area contributed by atoms with E-state index in [1.807, 2.05) is 24.3 Å². The van der Waals surface area contributed by atoms with Gasteiger partial charge in [0, 0.05) is 21.9 Å². The molecule has 0 radical (unpaired) electrons.